The van der Waals surface area contributed by atoms with Crippen molar-refractivity contribution in [3.63, 3.8) is 0 Å². The molecule has 1 N–H and O–H groups in total. The first kappa shape index (κ1) is 15.0. The van der Waals surface area contributed by atoms with Crippen molar-refractivity contribution in [2.24, 2.45) is 0 Å². The van der Waals surface area contributed by atoms with Gasteiger partial charge < -0.3 is 10.1 Å². The largest absolute Gasteiger partial charge is 0.455 e. The number of nitrogens with zero attached hydrogens (tertiary/aromatic N) is 1. The van der Waals surface area contributed by atoms with Gasteiger partial charge in [-0.2, -0.15) is 0 Å². The van der Waals surface area contributed by atoms with E-state index in [1.165, 1.54) is 0 Å². The molecule has 0 amide bonds. The van der Waals surface area contributed by atoms with E-state index in [9.17, 15) is 0 Å². The molecule has 0 aliphatic rings. The van der Waals surface area contributed by atoms with E-state index in [0.29, 0.717) is 6.04 Å². The Hall–Kier alpha value is -1.39. The van der Waals surface area contributed by atoms with E-state index in [-0.39, 0.29) is 0 Å². The molecular formula is C16H19BrN2O. The van der Waals surface area contributed by atoms with E-state index < -0.39 is 0 Å². The van der Waals surface area contributed by atoms with Gasteiger partial charge in [0.2, 0.25) is 0 Å². The van der Waals surface area contributed by atoms with Crippen LogP contribution in [0.4, 0.5) is 0 Å². The predicted molar refractivity (Wildman–Crippen MR) is 85.2 cm³/mol. The molecule has 1 aromatic heterocycles. The lowest BCUT2D eigenvalue weighted by atomic mass is 10.2. The fourth-order valence-electron chi connectivity index (χ4n) is 1.76. The zero-order chi connectivity index (χ0) is 14.5. The van der Waals surface area contributed by atoms with E-state index in [1.54, 1.807) is 12.4 Å². The van der Waals surface area contributed by atoms with Crippen molar-refractivity contribution in [1.29, 1.82) is 0 Å². The van der Waals surface area contributed by atoms with Gasteiger partial charge in [-0.05, 0) is 30.7 Å². The molecule has 0 aliphatic carbocycles. The van der Waals surface area contributed by atoms with E-state index >= 15 is 0 Å². The molecule has 3 nitrogen and oxygen atoms in total. The first-order valence-electron chi connectivity index (χ1n) is 6.66. The van der Waals surface area contributed by atoms with E-state index in [1.807, 2.05) is 31.2 Å². The fourth-order valence-corrected chi connectivity index (χ4v) is 2.10. The maximum atomic E-state index is 6.02. The molecule has 0 aliphatic heterocycles. The van der Waals surface area contributed by atoms with Gasteiger partial charge in [0.1, 0.15) is 11.5 Å². The second-order valence-corrected chi connectivity index (χ2v) is 5.95. The third-order valence-electron chi connectivity index (χ3n) is 2.94. The average Bonchev–Trinajstić information content (AvgIpc) is 2.42. The van der Waals surface area contributed by atoms with Crippen molar-refractivity contribution in [3.8, 4) is 11.5 Å². The maximum absolute atomic E-state index is 6.02. The van der Waals surface area contributed by atoms with Crippen molar-refractivity contribution < 1.29 is 4.74 Å². The van der Waals surface area contributed by atoms with Crippen LogP contribution in [-0.2, 0) is 6.54 Å². The normalized spacial score (nSPS) is 10.8. The molecule has 2 rings (SSSR count). The lowest BCUT2D eigenvalue weighted by molar-refractivity contribution is 0.463. The molecule has 1 aromatic carbocycles. The summed E-state index contributed by atoms with van der Waals surface area (Å²) in [4.78, 5) is 4.16. The number of nitrogens with one attached hydrogen (secondary N) is 1. The molecule has 1 heterocycles. The van der Waals surface area contributed by atoms with Gasteiger partial charge in [0.15, 0.2) is 0 Å². The average molecular weight is 335 g/mol. The number of ether oxygens (including phenoxy) is 1. The summed E-state index contributed by atoms with van der Waals surface area (Å²) in [5.74, 6) is 1.64. The molecule has 0 radical (unpaired) electrons. The standard InChI is InChI=1S/C16H19BrN2O/c1-11(2)19-9-13-6-7-18-10-16(13)20-15-8-14(17)5-4-12(15)3/h4-8,10-11,19H,9H2,1-3H3. The summed E-state index contributed by atoms with van der Waals surface area (Å²) in [6.07, 6.45) is 3.55. The molecule has 0 saturated heterocycles. The van der Waals surface area contributed by atoms with Crippen LogP contribution < -0.4 is 10.1 Å². The Morgan fingerprint density at radius 1 is 1.25 bits per heavy atom. The summed E-state index contributed by atoms with van der Waals surface area (Å²) < 4.78 is 7.02. The lowest BCUT2D eigenvalue weighted by Gasteiger charge is -2.14. The molecule has 20 heavy (non-hydrogen) atoms. The first-order valence-corrected chi connectivity index (χ1v) is 7.46. The number of halogens is 1. The Balaban J connectivity index is 2.22. The van der Waals surface area contributed by atoms with Crippen LogP contribution in [-0.4, -0.2) is 11.0 Å². The summed E-state index contributed by atoms with van der Waals surface area (Å²) in [7, 11) is 0. The van der Waals surface area contributed by atoms with Crippen LogP contribution in [0.25, 0.3) is 0 Å². The summed E-state index contributed by atoms with van der Waals surface area (Å²) in [5.41, 5.74) is 2.20. The summed E-state index contributed by atoms with van der Waals surface area (Å²) in [6.45, 7) is 7.05. The number of pyridine rings is 1. The van der Waals surface area contributed by atoms with Gasteiger partial charge in [-0.1, -0.05) is 35.8 Å². The minimum Gasteiger partial charge on any atom is -0.455 e. The monoisotopic (exact) mass is 334 g/mol. The number of benzene rings is 1. The predicted octanol–water partition coefficient (Wildman–Crippen LogP) is 4.44. The van der Waals surface area contributed by atoms with Crippen LogP contribution in [0.2, 0.25) is 0 Å². The van der Waals surface area contributed by atoms with Gasteiger partial charge >= 0.3 is 0 Å². The minimum absolute atomic E-state index is 0.434. The first-order chi connectivity index (χ1) is 9.56. The zero-order valence-electron chi connectivity index (χ0n) is 12.0. The molecule has 2 aromatic rings. The summed E-state index contributed by atoms with van der Waals surface area (Å²) in [6, 6.07) is 8.43. The third kappa shape index (κ3) is 4.05. The highest BCUT2D eigenvalue weighted by Crippen LogP contribution is 2.29. The molecule has 4 heteroatoms. The van der Waals surface area contributed by atoms with Crippen LogP contribution in [0.1, 0.15) is 25.0 Å². The number of aryl methyl sites for hydroxylation is 1. The van der Waals surface area contributed by atoms with Gasteiger partial charge in [-0.3, -0.25) is 4.98 Å². The van der Waals surface area contributed by atoms with E-state index in [4.69, 9.17) is 4.74 Å². The quantitative estimate of drug-likeness (QED) is 0.877. The Morgan fingerprint density at radius 2 is 2.05 bits per heavy atom. The fraction of sp³-hybridized carbons (Fsp3) is 0.312. The highest BCUT2D eigenvalue weighted by molar-refractivity contribution is 9.10. The van der Waals surface area contributed by atoms with Crippen LogP contribution in [0, 0.1) is 6.92 Å². The molecule has 0 saturated carbocycles. The second kappa shape index (κ2) is 6.86. The van der Waals surface area contributed by atoms with Gasteiger partial charge in [0, 0.05) is 28.8 Å². The topological polar surface area (TPSA) is 34.1 Å². The van der Waals surface area contributed by atoms with Crippen LogP contribution in [0.15, 0.2) is 41.1 Å². The molecule has 0 spiro atoms. The van der Waals surface area contributed by atoms with E-state index in [2.05, 4.69) is 40.1 Å². The summed E-state index contributed by atoms with van der Waals surface area (Å²) in [5, 5.41) is 3.40. The maximum Gasteiger partial charge on any atom is 0.150 e. The number of hydrogen-bond donors (Lipinski definition) is 1. The van der Waals surface area contributed by atoms with Crippen LogP contribution in [0.3, 0.4) is 0 Å². The van der Waals surface area contributed by atoms with Gasteiger partial charge in [-0.25, -0.2) is 0 Å². The van der Waals surface area contributed by atoms with Crippen molar-refractivity contribution in [3.05, 3.63) is 52.3 Å². The minimum atomic E-state index is 0.434. The van der Waals surface area contributed by atoms with Gasteiger partial charge in [-0.15, -0.1) is 0 Å². The van der Waals surface area contributed by atoms with Gasteiger partial charge in [0.25, 0.3) is 0 Å². The highest BCUT2D eigenvalue weighted by Gasteiger charge is 2.08. The van der Waals surface area contributed by atoms with Crippen molar-refractivity contribution in [1.82, 2.24) is 10.3 Å². The summed E-state index contributed by atoms with van der Waals surface area (Å²) >= 11 is 3.47. The molecule has 106 valence electrons. The highest BCUT2D eigenvalue weighted by atomic mass is 79.9. The molecule has 0 bridgehead atoms. The second-order valence-electron chi connectivity index (χ2n) is 5.03. The zero-order valence-corrected chi connectivity index (χ0v) is 13.6. The Morgan fingerprint density at radius 3 is 2.80 bits per heavy atom. The third-order valence-corrected chi connectivity index (χ3v) is 3.43. The van der Waals surface area contributed by atoms with Crippen LogP contribution in [0.5, 0.6) is 11.5 Å². The Kier molecular flexibility index (Phi) is 5.15. The molecule has 0 unspecified atom stereocenters. The lowest BCUT2D eigenvalue weighted by Crippen LogP contribution is -2.22. The Bertz CT molecular complexity index is 584. The molecule has 0 fully saturated rings. The van der Waals surface area contributed by atoms with Gasteiger partial charge in [0.05, 0.1) is 6.20 Å². The number of hydrogen-bond acceptors (Lipinski definition) is 3. The molecular weight excluding hydrogens is 316 g/mol. The van der Waals surface area contributed by atoms with Crippen molar-refractivity contribution in [2.45, 2.75) is 33.4 Å². The smallest absolute Gasteiger partial charge is 0.150 e. The van der Waals surface area contributed by atoms with E-state index in [0.717, 1.165) is 33.6 Å². The SMILES string of the molecule is Cc1ccc(Br)cc1Oc1cnccc1CNC(C)C. The van der Waals surface area contributed by atoms with Crippen molar-refractivity contribution in [2.75, 3.05) is 0 Å². The van der Waals surface area contributed by atoms with Crippen molar-refractivity contribution >= 4 is 15.9 Å². The number of aromatic nitrogens is 1. The van der Waals surface area contributed by atoms with Crippen LogP contribution >= 0.6 is 15.9 Å². The number of rotatable bonds is 5. The molecule has 0 atom stereocenters. The Labute approximate surface area is 128 Å².